The van der Waals surface area contributed by atoms with Crippen molar-refractivity contribution < 1.29 is 0 Å². The summed E-state index contributed by atoms with van der Waals surface area (Å²) in [6.07, 6.45) is 1.85. The van der Waals surface area contributed by atoms with E-state index in [4.69, 9.17) is 0 Å². The average Bonchev–Trinajstić information content (AvgIpc) is 2.25. The summed E-state index contributed by atoms with van der Waals surface area (Å²) >= 11 is 0. The average molecular weight is 214 g/mol. The van der Waals surface area contributed by atoms with Crippen LogP contribution in [0, 0.1) is 5.41 Å². The standard InChI is InChI=1S/C14H18N2/c1-14(2,3)10-16-13-8-9-15-12-7-5-4-6-11(12)13/h4-9H,10H2,1-3H3,(H,15,16). The summed E-state index contributed by atoms with van der Waals surface area (Å²) in [5.41, 5.74) is 2.49. The van der Waals surface area contributed by atoms with Crippen LogP contribution in [0.5, 0.6) is 0 Å². The third kappa shape index (κ3) is 2.51. The predicted molar refractivity (Wildman–Crippen MR) is 69.7 cm³/mol. The fraction of sp³-hybridized carbons (Fsp3) is 0.357. The second-order valence-corrected chi connectivity index (χ2v) is 5.29. The van der Waals surface area contributed by atoms with Gasteiger partial charge in [0.05, 0.1) is 5.52 Å². The van der Waals surface area contributed by atoms with Gasteiger partial charge in [-0.1, -0.05) is 39.0 Å². The van der Waals surface area contributed by atoms with E-state index in [1.165, 1.54) is 11.1 Å². The summed E-state index contributed by atoms with van der Waals surface area (Å²) in [6, 6.07) is 10.2. The Bertz CT molecular complexity index is 478. The fourth-order valence-electron chi connectivity index (χ4n) is 1.61. The van der Waals surface area contributed by atoms with Crippen LogP contribution < -0.4 is 5.32 Å². The molecule has 0 bridgehead atoms. The first-order valence-electron chi connectivity index (χ1n) is 5.64. The summed E-state index contributed by atoms with van der Waals surface area (Å²) < 4.78 is 0. The van der Waals surface area contributed by atoms with Crippen LogP contribution >= 0.6 is 0 Å². The molecule has 1 N–H and O–H groups in total. The maximum absolute atomic E-state index is 4.35. The molecule has 0 fully saturated rings. The Morgan fingerprint density at radius 1 is 1.12 bits per heavy atom. The number of pyridine rings is 1. The normalized spacial score (nSPS) is 11.7. The molecule has 2 heteroatoms. The highest BCUT2D eigenvalue weighted by Crippen LogP contribution is 2.22. The van der Waals surface area contributed by atoms with E-state index in [1.54, 1.807) is 0 Å². The van der Waals surface area contributed by atoms with Crippen LogP contribution in [0.3, 0.4) is 0 Å². The second-order valence-electron chi connectivity index (χ2n) is 5.29. The van der Waals surface area contributed by atoms with Crippen molar-refractivity contribution in [3.05, 3.63) is 36.5 Å². The maximum Gasteiger partial charge on any atom is 0.0722 e. The lowest BCUT2D eigenvalue weighted by atomic mass is 9.97. The number of nitrogens with one attached hydrogen (secondary N) is 1. The van der Waals surface area contributed by atoms with Crippen LogP contribution in [0.4, 0.5) is 5.69 Å². The van der Waals surface area contributed by atoms with Crippen molar-refractivity contribution in [2.75, 3.05) is 11.9 Å². The number of benzene rings is 1. The third-order valence-corrected chi connectivity index (χ3v) is 2.46. The van der Waals surface area contributed by atoms with Gasteiger partial charge in [0.2, 0.25) is 0 Å². The first-order chi connectivity index (χ1) is 7.56. The van der Waals surface area contributed by atoms with Crippen molar-refractivity contribution in [1.82, 2.24) is 4.98 Å². The Morgan fingerprint density at radius 3 is 2.62 bits per heavy atom. The Balaban J connectivity index is 2.30. The van der Waals surface area contributed by atoms with E-state index in [0.29, 0.717) is 0 Å². The van der Waals surface area contributed by atoms with E-state index in [0.717, 1.165) is 12.1 Å². The molecule has 0 amide bonds. The molecule has 16 heavy (non-hydrogen) atoms. The molecule has 1 heterocycles. The summed E-state index contributed by atoms with van der Waals surface area (Å²) in [5.74, 6) is 0. The van der Waals surface area contributed by atoms with Crippen molar-refractivity contribution in [3.63, 3.8) is 0 Å². The lowest BCUT2D eigenvalue weighted by Gasteiger charge is -2.20. The molecular formula is C14H18N2. The van der Waals surface area contributed by atoms with Gasteiger partial charge in [0.1, 0.15) is 0 Å². The minimum Gasteiger partial charge on any atom is -0.384 e. The van der Waals surface area contributed by atoms with Crippen molar-refractivity contribution in [2.45, 2.75) is 20.8 Å². The van der Waals surface area contributed by atoms with Crippen LogP contribution in [-0.4, -0.2) is 11.5 Å². The highest BCUT2D eigenvalue weighted by atomic mass is 14.9. The molecule has 0 aliphatic heterocycles. The quantitative estimate of drug-likeness (QED) is 0.824. The van der Waals surface area contributed by atoms with Crippen molar-refractivity contribution in [2.24, 2.45) is 5.41 Å². The Hall–Kier alpha value is -1.57. The van der Waals surface area contributed by atoms with Gasteiger partial charge in [-0.25, -0.2) is 0 Å². The first kappa shape index (κ1) is 10.9. The van der Waals surface area contributed by atoms with E-state index >= 15 is 0 Å². The van der Waals surface area contributed by atoms with E-state index in [2.05, 4.69) is 37.1 Å². The van der Waals surface area contributed by atoms with Crippen molar-refractivity contribution in [1.29, 1.82) is 0 Å². The molecule has 0 atom stereocenters. The zero-order chi connectivity index (χ0) is 11.6. The summed E-state index contributed by atoms with van der Waals surface area (Å²) in [6.45, 7) is 7.64. The second kappa shape index (κ2) is 4.12. The first-order valence-corrected chi connectivity index (χ1v) is 5.64. The van der Waals surface area contributed by atoms with Gasteiger partial charge in [0.25, 0.3) is 0 Å². The number of hydrogen-bond acceptors (Lipinski definition) is 2. The number of para-hydroxylation sites is 1. The molecule has 84 valence electrons. The van der Waals surface area contributed by atoms with Crippen LogP contribution in [0.2, 0.25) is 0 Å². The van der Waals surface area contributed by atoms with E-state index in [1.807, 2.05) is 30.5 Å². The molecule has 0 saturated heterocycles. The Kier molecular flexibility index (Phi) is 2.82. The number of fused-ring (bicyclic) bond motifs is 1. The Labute approximate surface area is 96.7 Å². The molecule has 0 saturated carbocycles. The molecule has 0 radical (unpaired) electrons. The maximum atomic E-state index is 4.35. The molecule has 0 aliphatic carbocycles. The minimum absolute atomic E-state index is 0.282. The van der Waals surface area contributed by atoms with E-state index in [-0.39, 0.29) is 5.41 Å². The molecule has 2 rings (SSSR count). The smallest absolute Gasteiger partial charge is 0.0722 e. The molecule has 0 aliphatic rings. The van der Waals surface area contributed by atoms with E-state index in [9.17, 15) is 0 Å². The highest BCUT2D eigenvalue weighted by Gasteiger charge is 2.10. The van der Waals surface area contributed by atoms with Crippen LogP contribution in [0.25, 0.3) is 10.9 Å². The van der Waals surface area contributed by atoms with Crippen molar-refractivity contribution >= 4 is 16.6 Å². The zero-order valence-corrected chi connectivity index (χ0v) is 10.1. The van der Waals surface area contributed by atoms with Gasteiger partial charge in [-0.2, -0.15) is 0 Å². The zero-order valence-electron chi connectivity index (χ0n) is 10.1. The van der Waals surface area contributed by atoms with Gasteiger partial charge in [0.15, 0.2) is 0 Å². The lowest BCUT2D eigenvalue weighted by Crippen LogP contribution is -2.19. The largest absolute Gasteiger partial charge is 0.384 e. The number of nitrogens with zero attached hydrogens (tertiary/aromatic N) is 1. The third-order valence-electron chi connectivity index (χ3n) is 2.46. The number of anilines is 1. The lowest BCUT2D eigenvalue weighted by molar-refractivity contribution is 0.443. The van der Waals surface area contributed by atoms with Gasteiger partial charge in [-0.3, -0.25) is 4.98 Å². The SMILES string of the molecule is CC(C)(C)CNc1ccnc2ccccc12. The highest BCUT2D eigenvalue weighted by molar-refractivity contribution is 5.90. The summed E-state index contributed by atoms with van der Waals surface area (Å²) in [7, 11) is 0. The van der Waals surface area contributed by atoms with Gasteiger partial charge in [0, 0.05) is 23.8 Å². The number of aromatic nitrogens is 1. The topological polar surface area (TPSA) is 24.9 Å². The monoisotopic (exact) mass is 214 g/mol. The molecule has 0 unspecified atom stereocenters. The predicted octanol–water partition coefficient (Wildman–Crippen LogP) is 3.69. The molecule has 1 aromatic heterocycles. The molecule has 2 aromatic rings. The van der Waals surface area contributed by atoms with Crippen molar-refractivity contribution in [3.8, 4) is 0 Å². The number of hydrogen-bond donors (Lipinski definition) is 1. The van der Waals surface area contributed by atoms with Gasteiger partial charge >= 0.3 is 0 Å². The van der Waals surface area contributed by atoms with Gasteiger partial charge in [-0.15, -0.1) is 0 Å². The summed E-state index contributed by atoms with van der Waals surface area (Å²) in [5, 5.41) is 4.68. The molecule has 1 aromatic carbocycles. The van der Waals surface area contributed by atoms with Crippen LogP contribution in [0.15, 0.2) is 36.5 Å². The van der Waals surface area contributed by atoms with Crippen LogP contribution in [-0.2, 0) is 0 Å². The van der Waals surface area contributed by atoms with Gasteiger partial charge in [-0.05, 0) is 17.5 Å². The molecule has 2 nitrogen and oxygen atoms in total. The summed E-state index contributed by atoms with van der Waals surface area (Å²) in [4.78, 5) is 4.35. The van der Waals surface area contributed by atoms with Crippen LogP contribution in [0.1, 0.15) is 20.8 Å². The number of rotatable bonds is 2. The fourth-order valence-corrected chi connectivity index (χ4v) is 1.61. The van der Waals surface area contributed by atoms with E-state index < -0.39 is 0 Å². The minimum atomic E-state index is 0.282. The van der Waals surface area contributed by atoms with Gasteiger partial charge < -0.3 is 5.32 Å². The Morgan fingerprint density at radius 2 is 1.88 bits per heavy atom. The molecule has 0 spiro atoms. The molecular weight excluding hydrogens is 196 g/mol.